The Morgan fingerprint density at radius 3 is 2.52 bits per heavy atom. The minimum Gasteiger partial charge on any atom is -0.469 e. The lowest BCUT2D eigenvalue weighted by Gasteiger charge is -2.48. The number of hydrogen-bond donors (Lipinski definition) is 0. The van der Waals surface area contributed by atoms with Gasteiger partial charge in [0.15, 0.2) is 6.29 Å². The van der Waals surface area contributed by atoms with E-state index in [1.165, 1.54) is 7.11 Å². The van der Waals surface area contributed by atoms with Crippen molar-refractivity contribution in [1.29, 1.82) is 0 Å². The highest BCUT2D eigenvalue weighted by atomic mass is 16.7. The lowest BCUT2D eigenvalue weighted by Crippen LogP contribution is -2.48. The molecular weight excluding hydrogens is 272 g/mol. The molecule has 1 aliphatic carbocycles. The maximum absolute atomic E-state index is 12.1. The predicted molar refractivity (Wildman–Crippen MR) is 76.6 cm³/mol. The Labute approximate surface area is 126 Å². The van der Waals surface area contributed by atoms with Gasteiger partial charge in [-0.15, -0.1) is 0 Å². The van der Waals surface area contributed by atoms with Crippen LogP contribution >= 0.6 is 0 Å². The van der Waals surface area contributed by atoms with Gasteiger partial charge in [0, 0.05) is 11.8 Å². The van der Waals surface area contributed by atoms with E-state index in [4.69, 9.17) is 9.47 Å². The molecular formula is C16H26O5. The Balaban J connectivity index is 2.07. The van der Waals surface area contributed by atoms with Gasteiger partial charge in [0.2, 0.25) is 0 Å². The summed E-state index contributed by atoms with van der Waals surface area (Å²) in [5, 5.41) is 0. The van der Waals surface area contributed by atoms with E-state index in [2.05, 4.69) is 18.6 Å². The van der Waals surface area contributed by atoms with Crippen LogP contribution in [-0.4, -0.2) is 38.4 Å². The summed E-state index contributed by atoms with van der Waals surface area (Å²) in [5.41, 5.74) is -0.166. The van der Waals surface area contributed by atoms with Gasteiger partial charge in [-0.1, -0.05) is 20.3 Å². The molecule has 0 aromatic heterocycles. The Hall–Kier alpha value is -0.940. The third-order valence-corrected chi connectivity index (χ3v) is 5.30. The average molecular weight is 298 g/mol. The highest BCUT2D eigenvalue weighted by Crippen LogP contribution is 2.51. The lowest BCUT2D eigenvalue weighted by atomic mass is 9.60. The van der Waals surface area contributed by atoms with E-state index < -0.39 is 5.97 Å². The van der Waals surface area contributed by atoms with Crippen molar-refractivity contribution in [3.8, 4) is 0 Å². The van der Waals surface area contributed by atoms with Crippen molar-refractivity contribution in [2.75, 3.05) is 20.3 Å². The van der Waals surface area contributed by atoms with E-state index in [1.54, 1.807) is 0 Å². The second kappa shape index (κ2) is 6.88. The van der Waals surface area contributed by atoms with Gasteiger partial charge in [0.05, 0.1) is 20.3 Å². The molecule has 0 aromatic rings. The molecule has 5 nitrogen and oxygen atoms in total. The zero-order valence-corrected chi connectivity index (χ0v) is 13.2. The van der Waals surface area contributed by atoms with Crippen LogP contribution in [0.3, 0.4) is 0 Å². The number of esters is 1. The molecule has 3 atom stereocenters. The number of Topliss-reactive ketones (excluding diaryl/α,β-unsaturated/α-hetero) is 1. The highest BCUT2D eigenvalue weighted by molar-refractivity contribution is 5.95. The number of carbonyl (C=O) groups excluding carboxylic acids is 2. The van der Waals surface area contributed by atoms with Crippen molar-refractivity contribution in [3.05, 3.63) is 0 Å². The molecule has 0 N–H and O–H groups in total. The smallest absolute Gasteiger partial charge is 0.313 e. The normalized spacial score (nSPS) is 33.9. The zero-order chi connectivity index (χ0) is 15.5. The van der Waals surface area contributed by atoms with Gasteiger partial charge < -0.3 is 14.2 Å². The van der Waals surface area contributed by atoms with E-state index >= 15 is 0 Å². The third kappa shape index (κ3) is 3.46. The molecule has 120 valence electrons. The summed E-state index contributed by atoms with van der Waals surface area (Å²) in [7, 11) is 1.31. The topological polar surface area (TPSA) is 61.8 Å². The van der Waals surface area contributed by atoms with Crippen LogP contribution in [0.25, 0.3) is 0 Å². The molecule has 0 unspecified atom stereocenters. The molecule has 0 radical (unpaired) electrons. The van der Waals surface area contributed by atoms with Crippen molar-refractivity contribution >= 4 is 11.8 Å². The zero-order valence-electron chi connectivity index (χ0n) is 13.2. The maximum Gasteiger partial charge on any atom is 0.313 e. The first-order valence-electron chi connectivity index (χ1n) is 7.80. The van der Waals surface area contributed by atoms with Gasteiger partial charge in [-0.2, -0.15) is 0 Å². The molecule has 1 heterocycles. The number of ketones is 1. The van der Waals surface area contributed by atoms with Gasteiger partial charge in [0.25, 0.3) is 0 Å². The summed E-state index contributed by atoms with van der Waals surface area (Å²) < 4.78 is 16.1. The Bertz CT molecular complexity index is 388. The molecule has 1 aliphatic heterocycles. The minimum atomic E-state index is -0.459. The largest absolute Gasteiger partial charge is 0.469 e. The van der Waals surface area contributed by atoms with E-state index in [1.807, 2.05) is 0 Å². The van der Waals surface area contributed by atoms with Crippen molar-refractivity contribution in [2.45, 2.75) is 52.2 Å². The number of ether oxygens (including phenoxy) is 3. The fourth-order valence-electron chi connectivity index (χ4n) is 3.74. The highest BCUT2D eigenvalue weighted by Gasteiger charge is 2.50. The fourth-order valence-corrected chi connectivity index (χ4v) is 3.74. The summed E-state index contributed by atoms with van der Waals surface area (Å²) in [6.07, 6.45) is 3.25. The molecule has 21 heavy (non-hydrogen) atoms. The predicted octanol–water partition coefficient (Wildman–Crippen LogP) is 2.32. The van der Waals surface area contributed by atoms with E-state index in [0.717, 1.165) is 19.3 Å². The fraction of sp³-hybridized carbons (Fsp3) is 0.875. The van der Waals surface area contributed by atoms with Crippen LogP contribution in [-0.2, 0) is 23.8 Å². The molecule has 0 amide bonds. The summed E-state index contributed by atoms with van der Waals surface area (Å²) in [4.78, 5) is 23.4. The maximum atomic E-state index is 12.1. The van der Waals surface area contributed by atoms with Gasteiger partial charge in [-0.25, -0.2) is 0 Å². The molecule has 1 saturated heterocycles. The third-order valence-electron chi connectivity index (χ3n) is 5.30. The second-order valence-electron chi connectivity index (χ2n) is 6.46. The Morgan fingerprint density at radius 1 is 1.24 bits per heavy atom. The molecule has 2 aliphatic rings. The van der Waals surface area contributed by atoms with E-state index in [0.29, 0.717) is 25.6 Å². The summed E-state index contributed by atoms with van der Waals surface area (Å²) in [6, 6.07) is 0. The standard InChI is InChI=1S/C16H26O5/c1-11-5-4-6-12(9-13(17)10-14(18)19-3)16(11,2)15-20-7-8-21-15/h11-12,15H,4-10H2,1-3H3/t11-,12+,16+/m1/s1. The van der Waals surface area contributed by atoms with Crippen molar-refractivity contribution < 1.29 is 23.8 Å². The van der Waals surface area contributed by atoms with E-state index in [9.17, 15) is 9.59 Å². The van der Waals surface area contributed by atoms with Crippen LogP contribution in [0.4, 0.5) is 0 Å². The van der Waals surface area contributed by atoms with Crippen LogP contribution in [0.5, 0.6) is 0 Å². The van der Waals surface area contributed by atoms with Crippen LogP contribution in [0.1, 0.15) is 46.0 Å². The van der Waals surface area contributed by atoms with Crippen LogP contribution in [0.15, 0.2) is 0 Å². The lowest BCUT2D eigenvalue weighted by molar-refractivity contribution is -0.183. The average Bonchev–Trinajstić information content (AvgIpc) is 2.98. The molecule has 0 bridgehead atoms. The minimum absolute atomic E-state index is 0.0508. The molecule has 5 heteroatoms. The first kappa shape index (κ1) is 16.4. The van der Waals surface area contributed by atoms with Crippen LogP contribution in [0.2, 0.25) is 0 Å². The second-order valence-corrected chi connectivity index (χ2v) is 6.46. The first-order chi connectivity index (χ1) is 9.98. The first-order valence-corrected chi connectivity index (χ1v) is 7.80. The SMILES string of the molecule is COC(=O)CC(=O)C[C@@H]1CCC[C@@H](C)[C@]1(C)C1OCCO1. The van der Waals surface area contributed by atoms with Gasteiger partial charge in [0.1, 0.15) is 12.2 Å². The number of hydrogen-bond acceptors (Lipinski definition) is 5. The van der Waals surface area contributed by atoms with E-state index in [-0.39, 0.29) is 29.8 Å². The summed E-state index contributed by atoms with van der Waals surface area (Å²) in [5.74, 6) is 0.121. The Morgan fingerprint density at radius 2 is 1.90 bits per heavy atom. The summed E-state index contributed by atoms with van der Waals surface area (Å²) >= 11 is 0. The van der Waals surface area contributed by atoms with Crippen LogP contribution < -0.4 is 0 Å². The number of rotatable bonds is 5. The molecule has 0 aromatic carbocycles. The quantitative estimate of drug-likeness (QED) is 0.576. The molecule has 2 rings (SSSR count). The summed E-state index contributed by atoms with van der Waals surface area (Å²) in [6.45, 7) is 5.62. The number of methoxy groups -OCH3 is 1. The van der Waals surface area contributed by atoms with Crippen molar-refractivity contribution in [3.63, 3.8) is 0 Å². The van der Waals surface area contributed by atoms with Crippen molar-refractivity contribution in [2.24, 2.45) is 17.3 Å². The monoisotopic (exact) mass is 298 g/mol. The van der Waals surface area contributed by atoms with Gasteiger partial charge in [-0.3, -0.25) is 9.59 Å². The van der Waals surface area contributed by atoms with Gasteiger partial charge in [-0.05, 0) is 24.7 Å². The Kier molecular flexibility index (Phi) is 5.38. The van der Waals surface area contributed by atoms with Gasteiger partial charge >= 0.3 is 5.97 Å². The molecule has 1 saturated carbocycles. The molecule has 0 spiro atoms. The number of carbonyl (C=O) groups is 2. The van der Waals surface area contributed by atoms with Crippen LogP contribution in [0, 0.1) is 17.3 Å². The van der Waals surface area contributed by atoms with Crippen molar-refractivity contribution in [1.82, 2.24) is 0 Å². The molecule has 2 fully saturated rings.